The summed E-state index contributed by atoms with van der Waals surface area (Å²) in [5.41, 5.74) is 0.0391. The van der Waals surface area contributed by atoms with Gasteiger partial charge < -0.3 is 19.7 Å². The Hall–Kier alpha value is -1.93. The second kappa shape index (κ2) is 6.05. The molecule has 0 bridgehead atoms. The maximum atomic E-state index is 14.4. The molecular weight excluding hydrogens is 313 g/mol. The number of ether oxygens (including phenoxy) is 2. The average molecular weight is 328 g/mol. The third kappa shape index (κ3) is 2.48. The first-order chi connectivity index (χ1) is 10.7. The number of methoxy groups -OCH3 is 2. The molecule has 0 atom stereocenters. The number of hydrogen-bond acceptors (Lipinski definition) is 7. The van der Waals surface area contributed by atoms with E-state index in [1.54, 1.807) is 0 Å². The molecule has 0 aliphatic carbocycles. The molecule has 1 aliphatic rings. The van der Waals surface area contributed by atoms with Gasteiger partial charge in [0.25, 0.3) is 0 Å². The van der Waals surface area contributed by atoms with Gasteiger partial charge in [0.2, 0.25) is 5.88 Å². The number of halogens is 2. The van der Waals surface area contributed by atoms with Gasteiger partial charge in [0.15, 0.2) is 11.0 Å². The number of fused-ring (bicyclic) bond motifs is 1. The highest BCUT2D eigenvalue weighted by Gasteiger charge is 2.24. The van der Waals surface area contributed by atoms with Crippen LogP contribution in [-0.2, 0) is 0 Å². The fourth-order valence-electron chi connectivity index (χ4n) is 2.42. The molecule has 9 heteroatoms. The number of anilines is 1. The van der Waals surface area contributed by atoms with Crippen LogP contribution in [0.15, 0.2) is 0 Å². The van der Waals surface area contributed by atoms with Crippen LogP contribution in [0.1, 0.15) is 0 Å². The molecule has 0 spiro atoms. The smallest absolute Gasteiger partial charge is 0.318 e. The maximum Gasteiger partial charge on any atom is 0.318 e. The molecule has 1 fully saturated rings. The molecule has 2 aromatic rings. The lowest BCUT2D eigenvalue weighted by atomic mass is 10.2. The molecule has 0 saturated carbocycles. The van der Waals surface area contributed by atoms with Gasteiger partial charge in [0.05, 0.1) is 14.2 Å². The lowest BCUT2D eigenvalue weighted by Crippen LogP contribution is -2.44. The highest BCUT2D eigenvalue weighted by Crippen LogP contribution is 2.36. The Kier molecular flexibility index (Phi) is 4.12. The molecule has 1 saturated heterocycles. The summed E-state index contributed by atoms with van der Waals surface area (Å²) in [5.74, 6) is 0.00963. The number of nitrogens with zero attached hydrogens (tertiary/aromatic N) is 4. The second-order valence-electron chi connectivity index (χ2n) is 4.72. The number of aromatic nitrogens is 3. The molecule has 7 nitrogen and oxygen atoms in total. The standard InChI is InChI=1S/C13H15ClFN5O2/c1-21-12-7-9(8(15)10(14)18-12)17-13(22-2)19-11(7)20-5-3-16-4-6-20/h16H,3-6H2,1-2H3. The largest absolute Gasteiger partial charge is 0.480 e. The van der Waals surface area contributed by atoms with Crippen molar-refractivity contribution in [2.45, 2.75) is 0 Å². The summed E-state index contributed by atoms with van der Waals surface area (Å²) in [7, 11) is 2.88. The predicted octanol–water partition coefficient (Wildman–Crippen LogP) is 1.24. The monoisotopic (exact) mass is 327 g/mol. The van der Waals surface area contributed by atoms with E-state index in [9.17, 15) is 4.39 Å². The van der Waals surface area contributed by atoms with E-state index >= 15 is 0 Å². The van der Waals surface area contributed by atoms with Gasteiger partial charge in [0.1, 0.15) is 16.7 Å². The van der Waals surface area contributed by atoms with Gasteiger partial charge >= 0.3 is 6.01 Å². The van der Waals surface area contributed by atoms with Gasteiger partial charge in [-0.05, 0) is 0 Å². The molecule has 0 aromatic carbocycles. The van der Waals surface area contributed by atoms with Gasteiger partial charge in [-0.25, -0.2) is 4.39 Å². The van der Waals surface area contributed by atoms with Gasteiger partial charge in [-0.2, -0.15) is 15.0 Å². The molecule has 0 amide bonds. The van der Waals surface area contributed by atoms with E-state index < -0.39 is 5.82 Å². The Labute approximate surface area is 131 Å². The van der Waals surface area contributed by atoms with Crippen molar-refractivity contribution in [3.05, 3.63) is 11.0 Å². The van der Waals surface area contributed by atoms with Crippen LogP contribution in [0.4, 0.5) is 10.2 Å². The molecule has 0 unspecified atom stereocenters. The van der Waals surface area contributed by atoms with Gasteiger partial charge in [0, 0.05) is 26.2 Å². The van der Waals surface area contributed by atoms with Crippen LogP contribution >= 0.6 is 11.6 Å². The third-order valence-electron chi connectivity index (χ3n) is 3.46. The fourth-order valence-corrected chi connectivity index (χ4v) is 2.59. The first-order valence-electron chi connectivity index (χ1n) is 6.76. The molecule has 22 heavy (non-hydrogen) atoms. The van der Waals surface area contributed by atoms with Crippen molar-refractivity contribution in [1.82, 2.24) is 20.3 Å². The zero-order chi connectivity index (χ0) is 15.7. The van der Waals surface area contributed by atoms with E-state index in [0.717, 1.165) is 26.2 Å². The average Bonchev–Trinajstić information content (AvgIpc) is 2.57. The van der Waals surface area contributed by atoms with Crippen molar-refractivity contribution < 1.29 is 13.9 Å². The summed E-state index contributed by atoms with van der Waals surface area (Å²) in [5, 5.41) is 3.35. The van der Waals surface area contributed by atoms with E-state index in [-0.39, 0.29) is 22.6 Å². The summed E-state index contributed by atoms with van der Waals surface area (Å²) >= 11 is 5.81. The highest BCUT2D eigenvalue weighted by atomic mass is 35.5. The fraction of sp³-hybridized carbons (Fsp3) is 0.462. The summed E-state index contributed by atoms with van der Waals surface area (Å²) in [4.78, 5) is 14.4. The van der Waals surface area contributed by atoms with Crippen LogP contribution < -0.4 is 19.7 Å². The zero-order valence-corrected chi connectivity index (χ0v) is 12.9. The maximum absolute atomic E-state index is 14.4. The lowest BCUT2D eigenvalue weighted by molar-refractivity contribution is 0.379. The summed E-state index contributed by atoms with van der Waals surface area (Å²) in [6.07, 6.45) is 0. The summed E-state index contributed by atoms with van der Waals surface area (Å²) in [6, 6.07) is 0.0734. The van der Waals surface area contributed by atoms with E-state index in [1.807, 2.05) is 4.90 Å². The minimum absolute atomic E-state index is 0.0391. The topological polar surface area (TPSA) is 72.4 Å². The van der Waals surface area contributed by atoms with E-state index in [4.69, 9.17) is 21.1 Å². The third-order valence-corrected chi connectivity index (χ3v) is 3.71. The lowest BCUT2D eigenvalue weighted by Gasteiger charge is -2.29. The van der Waals surface area contributed by atoms with Crippen LogP contribution in [0.2, 0.25) is 5.15 Å². The SMILES string of the molecule is COc1nc(N2CCNCC2)c2c(OC)nc(Cl)c(F)c2n1. The van der Waals surface area contributed by atoms with E-state index in [0.29, 0.717) is 11.2 Å². The normalized spacial score (nSPS) is 15.2. The Morgan fingerprint density at radius 3 is 2.50 bits per heavy atom. The first kappa shape index (κ1) is 15.0. The molecule has 0 radical (unpaired) electrons. The molecule has 3 rings (SSSR count). The van der Waals surface area contributed by atoms with Crippen molar-refractivity contribution in [2.75, 3.05) is 45.3 Å². The summed E-state index contributed by atoms with van der Waals surface area (Å²) < 4.78 is 24.7. The number of rotatable bonds is 3. The summed E-state index contributed by atoms with van der Waals surface area (Å²) in [6.45, 7) is 3.06. The zero-order valence-electron chi connectivity index (χ0n) is 12.2. The van der Waals surface area contributed by atoms with Crippen molar-refractivity contribution >= 4 is 28.3 Å². The molecule has 3 heterocycles. The highest BCUT2D eigenvalue weighted by molar-refractivity contribution is 6.30. The van der Waals surface area contributed by atoms with Crippen LogP contribution in [-0.4, -0.2) is 55.4 Å². The van der Waals surface area contributed by atoms with Crippen molar-refractivity contribution in [3.8, 4) is 11.9 Å². The van der Waals surface area contributed by atoms with Gasteiger partial charge in [-0.15, -0.1) is 0 Å². The molecule has 1 N–H and O–H groups in total. The Bertz CT molecular complexity index is 709. The number of nitrogens with one attached hydrogen (secondary N) is 1. The molecular formula is C13H15ClFN5O2. The van der Waals surface area contributed by atoms with Crippen molar-refractivity contribution in [2.24, 2.45) is 0 Å². The van der Waals surface area contributed by atoms with Crippen LogP contribution in [0, 0.1) is 5.82 Å². The van der Waals surface area contributed by atoms with Crippen LogP contribution in [0.5, 0.6) is 11.9 Å². The molecule has 118 valence electrons. The Balaban J connectivity index is 2.30. The second-order valence-corrected chi connectivity index (χ2v) is 5.08. The van der Waals surface area contributed by atoms with Crippen LogP contribution in [0.3, 0.4) is 0 Å². The van der Waals surface area contributed by atoms with Gasteiger partial charge in [-0.3, -0.25) is 0 Å². The molecule has 2 aromatic heterocycles. The Morgan fingerprint density at radius 1 is 1.14 bits per heavy atom. The number of piperazine rings is 1. The van der Waals surface area contributed by atoms with Crippen molar-refractivity contribution in [1.29, 1.82) is 0 Å². The molecule has 1 aliphatic heterocycles. The number of hydrogen-bond donors (Lipinski definition) is 1. The van der Waals surface area contributed by atoms with E-state index in [2.05, 4.69) is 20.3 Å². The predicted molar refractivity (Wildman–Crippen MR) is 80.5 cm³/mol. The quantitative estimate of drug-likeness (QED) is 0.850. The Morgan fingerprint density at radius 2 is 1.86 bits per heavy atom. The minimum Gasteiger partial charge on any atom is -0.480 e. The van der Waals surface area contributed by atoms with E-state index in [1.165, 1.54) is 14.2 Å². The van der Waals surface area contributed by atoms with Crippen molar-refractivity contribution in [3.63, 3.8) is 0 Å². The number of pyridine rings is 1. The van der Waals surface area contributed by atoms with Gasteiger partial charge in [-0.1, -0.05) is 11.6 Å². The first-order valence-corrected chi connectivity index (χ1v) is 7.14. The minimum atomic E-state index is -0.713. The van der Waals surface area contributed by atoms with Crippen LogP contribution in [0.25, 0.3) is 10.9 Å².